The fourth-order valence-corrected chi connectivity index (χ4v) is 3.72. The van der Waals surface area contributed by atoms with Gasteiger partial charge in [0, 0.05) is 13.1 Å². The van der Waals surface area contributed by atoms with E-state index in [4.69, 9.17) is 0 Å². The van der Waals surface area contributed by atoms with E-state index in [1.54, 1.807) is 4.90 Å². The molecule has 2 saturated heterocycles. The Morgan fingerprint density at radius 3 is 2.61 bits per heavy atom. The van der Waals surface area contributed by atoms with Gasteiger partial charge < -0.3 is 10.2 Å². The summed E-state index contributed by atoms with van der Waals surface area (Å²) in [7, 11) is 0. The van der Waals surface area contributed by atoms with E-state index >= 15 is 0 Å². The Balaban J connectivity index is 1.82. The number of nitrogens with one attached hydrogen (secondary N) is 1. The molecule has 0 aliphatic carbocycles. The van der Waals surface area contributed by atoms with Gasteiger partial charge in [0.15, 0.2) is 0 Å². The van der Waals surface area contributed by atoms with Crippen molar-refractivity contribution in [3.05, 3.63) is 34.9 Å². The Morgan fingerprint density at radius 1 is 1.17 bits per heavy atom. The first kappa shape index (κ1) is 16.4. The van der Waals surface area contributed by atoms with Crippen molar-refractivity contribution >= 4 is 5.91 Å². The van der Waals surface area contributed by atoms with E-state index in [0.29, 0.717) is 24.6 Å². The van der Waals surface area contributed by atoms with E-state index in [1.807, 2.05) is 0 Å². The number of benzene rings is 1. The maximum Gasteiger partial charge on any atom is 0.256 e. The molecule has 0 spiro atoms. The second-order valence-corrected chi connectivity index (χ2v) is 6.88. The second-order valence-electron chi connectivity index (χ2n) is 6.88. The fourth-order valence-electron chi connectivity index (χ4n) is 3.72. The molecule has 1 aromatic rings. The number of carbonyl (C=O) groups excluding carboxylic acids is 1. The summed E-state index contributed by atoms with van der Waals surface area (Å²) < 4.78 is 28.9. The molecule has 0 aromatic heterocycles. The van der Waals surface area contributed by atoms with Crippen LogP contribution in [0.5, 0.6) is 0 Å². The minimum Gasteiger partial charge on any atom is -0.338 e. The number of hydrogen-bond donors (Lipinski definition) is 1. The highest BCUT2D eigenvalue weighted by molar-refractivity contribution is 5.94. The van der Waals surface area contributed by atoms with Crippen LogP contribution < -0.4 is 5.32 Å². The number of amides is 1. The zero-order chi connectivity index (χ0) is 16.4. The van der Waals surface area contributed by atoms with Gasteiger partial charge in [-0.3, -0.25) is 4.79 Å². The largest absolute Gasteiger partial charge is 0.338 e. The quantitative estimate of drug-likeness (QED) is 0.906. The highest BCUT2D eigenvalue weighted by Gasteiger charge is 2.27. The van der Waals surface area contributed by atoms with Gasteiger partial charge >= 0.3 is 0 Å². The molecule has 3 rings (SSSR count). The SMILES string of the molecule is CC1CCCN(C(=O)c2cc(F)c(C3CCNCC3)cc2F)C1. The first-order chi connectivity index (χ1) is 11.1. The number of carbonyl (C=O) groups is 1. The van der Waals surface area contributed by atoms with Crippen molar-refractivity contribution in [1.29, 1.82) is 0 Å². The Bertz CT molecular complexity index is 585. The van der Waals surface area contributed by atoms with Crippen LogP contribution in [-0.4, -0.2) is 37.0 Å². The summed E-state index contributed by atoms with van der Waals surface area (Å²) in [5, 5.41) is 3.22. The summed E-state index contributed by atoms with van der Waals surface area (Å²) in [6.45, 7) is 4.96. The maximum absolute atomic E-state index is 14.5. The summed E-state index contributed by atoms with van der Waals surface area (Å²) in [6.07, 6.45) is 3.60. The van der Waals surface area contributed by atoms with Gasteiger partial charge in [-0.25, -0.2) is 8.78 Å². The average Bonchev–Trinajstić information content (AvgIpc) is 2.57. The molecule has 5 heteroatoms. The Hall–Kier alpha value is -1.49. The number of hydrogen-bond acceptors (Lipinski definition) is 2. The number of rotatable bonds is 2. The lowest BCUT2D eigenvalue weighted by molar-refractivity contribution is 0.0677. The summed E-state index contributed by atoms with van der Waals surface area (Å²) in [5.74, 6) is -0.987. The van der Waals surface area contributed by atoms with Crippen LogP contribution in [-0.2, 0) is 0 Å². The predicted molar refractivity (Wildman–Crippen MR) is 85.5 cm³/mol. The first-order valence-electron chi connectivity index (χ1n) is 8.55. The van der Waals surface area contributed by atoms with Gasteiger partial charge in [0.05, 0.1) is 5.56 Å². The summed E-state index contributed by atoms with van der Waals surface area (Å²) in [4.78, 5) is 14.2. The van der Waals surface area contributed by atoms with Crippen LogP contribution >= 0.6 is 0 Å². The molecule has 2 heterocycles. The molecule has 1 amide bonds. The number of piperidine rings is 2. The molecule has 2 aliphatic heterocycles. The molecule has 0 radical (unpaired) electrons. The van der Waals surface area contributed by atoms with E-state index in [-0.39, 0.29) is 17.4 Å². The molecule has 3 nitrogen and oxygen atoms in total. The summed E-state index contributed by atoms with van der Waals surface area (Å²) >= 11 is 0. The predicted octanol–water partition coefficient (Wildman–Crippen LogP) is 3.30. The van der Waals surface area contributed by atoms with Crippen molar-refractivity contribution in [2.24, 2.45) is 5.92 Å². The van der Waals surface area contributed by atoms with Crippen molar-refractivity contribution < 1.29 is 13.6 Å². The van der Waals surface area contributed by atoms with Crippen LogP contribution in [0.1, 0.15) is 54.4 Å². The van der Waals surface area contributed by atoms with Crippen LogP contribution in [0.25, 0.3) is 0 Å². The molecule has 23 heavy (non-hydrogen) atoms. The van der Waals surface area contributed by atoms with Crippen molar-refractivity contribution in [2.45, 2.75) is 38.5 Å². The Labute approximate surface area is 136 Å². The van der Waals surface area contributed by atoms with Gasteiger partial charge in [-0.2, -0.15) is 0 Å². The summed E-state index contributed by atoms with van der Waals surface area (Å²) in [5.41, 5.74) is 0.279. The number of nitrogens with zero attached hydrogens (tertiary/aromatic N) is 1. The monoisotopic (exact) mass is 322 g/mol. The van der Waals surface area contributed by atoms with Gasteiger partial charge in [-0.1, -0.05) is 6.92 Å². The van der Waals surface area contributed by atoms with Crippen LogP contribution in [0, 0.1) is 17.6 Å². The molecular formula is C18H24F2N2O. The van der Waals surface area contributed by atoms with Crippen molar-refractivity contribution in [3.8, 4) is 0 Å². The Morgan fingerprint density at radius 2 is 1.91 bits per heavy atom. The average molecular weight is 322 g/mol. The van der Waals surface area contributed by atoms with Crippen LogP contribution in [0.3, 0.4) is 0 Å². The van der Waals surface area contributed by atoms with E-state index in [0.717, 1.165) is 44.8 Å². The highest BCUT2D eigenvalue weighted by atomic mass is 19.1. The lowest BCUT2D eigenvalue weighted by Crippen LogP contribution is -2.39. The lowest BCUT2D eigenvalue weighted by atomic mass is 9.89. The molecule has 2 aliphatic rings. The van der Waals surface area contributed by atoms with Crippen molar-refractivity contribution in [1.82, 2.24) is 10.2 Å². The molecular weight excluding hydrogens is 298 g/mol. The van der Waals surface area contributed by atoms with Crippen LogP contribution in [0.2, 0.25) is 0 Å². The zero-order valence-electron chi connectivity index (χ0n) is 13.6. The molecule has 0 saturated carbocycles. The van der Waals surface area contributed by atoms with Gasteiger partial charge in [0.25, 0.3) is 5.91 Å². The lowest BCUT2D eigenvalue weighted by Gasteiger charge is -2.31. The zero-order valence-corrected chi connectivity index (χ0v) is 13.6. The topological polar surface area (TPSA) is 32.3 Å². The number of likely N-dealkylation sites (tertiary alicyclic amines) is 1. The highest BCUT2D eigenvalue weighted by Crippen LogP contribution is 2.30. The van der Waals surface area contributed by atoms with E-state index in [9.17, 15) is 13.6 Å². The maximum atomic E-state index is 14.5. The number of halogens is 2. The molecule has 2 fully saturated rings. The Kier molecular flexibility index (Phi) is 4.95. The minimum atomic E-state index is -0.594. The third-order valence-electron chi connectivity index (χ3n) is 5.04. The van der Waals surface area contributed by atoms with Gasteiger partial charge in [-0.15, -0.1) is 0 Å². The summed E-state index contributed by atoms with van der Waals surface area (Å²) in [6, 6.07) is 2.35. The molecule has 126 valence electrons. The van der Waals surface area contributed by atoms with Crippen molar-refractivity contribution in [2.75, 3.05) is 26.2 Å². The smallest absolute Gasteiger partial charge is 0.256 e. The second kappa shape index (κ2) is 6.95. The normalized spacial score (nSPS) is 23.1. The third kappa shape index (κ3) is 3.55. The molecule has 1 N–H and O–H groups in total. The van der Waals surface area contributed by atoms with E-state index in [1.165, 1.54) is 6.07 Å². The van der Waals surface area contributed by atoms with Gasteiger partial charge in [0.2, 0.25) is 0 Å². The fraction of sp³-hybridized carbons (Fsp3) is 0.611. The van der Waals surface area contributed by atoms with Crippen molar-refractivity contribution in [3.63, 3.8) is 0 Å². The third-order valence-corrected chi connectivity index (χ3v) is 5.04. The molecule has 1 atom stereocenters. The molecule has 1 unspecified atom stereocenters. The standard InChI is InChI=1S/C18H24F2N2O/c1-12-3-2-8-22(11-12)18(23)15-10-16(19)14(9-17(15)20)13-4-6-21-7-5-13/h9-10,12-13,21H,2-8,11H2,1H3. The van der Waals surface area contributed by atoms with E-state index in [2.05, 4.69) is 12.2 Å². The minimum absolute atomic E-state index is 0.0323. The van der Waals surface area contributed by atoms with Crippen LogP contribution in [0.15, 0.2) is 12.1 Å². The van der Waals surface area contributed by atoms with E-state index < -0.39 is 11.6 Å². The van der Waals surface area contributed by atoms with Gasteiger partial charge in [0.1, 0.15) is 11.6 Å². The van der Waals surface area contributed by atoms with Crippen LogP contribution in [0.4, 0.5) is 8.78 Å². The molecule has 1 aromatic carbocycles. The van der Waals surface area contributed by atoms with Gasteiger partial charge in [-0.05, 0) is 68.3 Å². The first-order valence-corrected chi connectivity index (χ1v) is 8.55. The molecule has 0 bridgehead atoms.